The molecule has 1 amide bonds. The Hall–Kier alpha value is -2.95. The first-order valence-corrected chi connectivity index (χ1v) is 16.9. The molecule has 0 aromatic heterocycles. The molecule has 1 saturated carbocycles. The molecule has 10 heteroatoms. The highest BCUT2D eigenvalue weighted by Crippen LogP contribution is 2.35. The van der Waals surface area contributed by atoms with E-state index in [1.165, 1.54) is 76.7 Å². The molecule has 0 atom stereocenters. The van der Waals surface area contributed by atoms with Gasteiger partial charge in [0.2, 0.25) is 0 Å². The maximum Gasteiger partial charge on any atom is 0.416 e. The Morgan fingerprint density at radius 3 is 2.04 bits per heavy atom. The van der Waals surface area contributed by atoms with Crippen LogP contribution in [0.5, 0.6) is 0 Å². The standard InChI is InChI=1S/C23H23F3N2O3.C13H26N2/c24-23(25,26)20-7-5-17(6-8-20)13-27-11-9-22(10-12-27)16-28(21(30)31-22)14-18-1-3-19(15-29)4-2-18;1-14-13-7-9-15(10-8-13)11-12-5-3-2-4-6-12/h1-8,15H,9-14,16H2;12-14H,2-11H2,1H3. The third-order valence-corrected chi connectivity index (χ3v) is 10.2. The maximum absolute atomic E-state index is 12.7. The summed E-state index contributed by atoms with van der Waals surface area (Å²) >= 11 is 0. The highest BCUT2D eigenvalue weighted by Gasteiger charge is 2.46. The first kappa shape index (κ1) is 34.4. The molecule has 2 aromatic rings. The number of nitrogens with one attached hydrogen (secondary N) is 1. The minimum atomic E-state index is -4.33. The number of rotatable bonds is 8. The van der Waals surface area contributed by atoms with Gasteiger partial charge in [-0.15, -0.1) is 0 Å². The minimum Gasteiger partial charge on any atom is -0.441 e. The summed E-state index contributed by atoms with van der Waals surface area (Å²) < 4.78 is 43.9. The highest BCUT2D eigenvalue weighted by molar-refractivity contribution is 5.74. The van der Waals surface area contributed by atoms with Gasteiger partial charge < -0.3 is 15.0 Å². The Morgan fingerprint density at radius 2 is 1.46 bits per heavy atom. The molecule has 1 N–H and O–H groups in total. The molecular formula is C36H49F3N4O3. The summed E-state index contributed by atoms with van der Waals surface area (Å²) in [6.45, 7) is 6.94. The van der Waals surface area contributed by atoms with E-state index in [0.29, 0.717) is 51.1 Å². The molecule has 3 aliphatic heterocycles. The largest absolute Gasteiger partial charge is 0.441 e. The summed E-state index contributed by atoms with van der Waals surface area (Å²) in [5.41, 5.74) is 1.18. The Balaban J connectivity index is 0.000000232. The number of aldehydes is 1. The lowest BCUT2D eigenvalue weighted by Crippen LogP contribution is -2.46. The second-order valence-corrected chi connectivity index (χ2v) is 13.6. The van der Waals surface area contributed by atoms with Crippen LogP contribution in [0.2, 0.25) is 0 Å². The number of benzene rings is 2. The van der Waals surface area contributed by atoms with Gasteiger partial charge in [-0.05, 0) is 75.0 Å². The van der Waals surface area contributed by atoms with Crippen molar-refractivity contribution >= 4 is 12.4 Å². The van der Waals surface area contributed by atoms with Crippen molar-refractivity contribution in [2.24, 2.45) is 5.92 Å². The van der Waals surface area contributed by atoms with Gasteiger partial charge in [0.1, 0.15) is 11.9 Å². The van der Waals surface area contributed by atoms with Crippen LogP contribution in [0.25, 0.3) is 0 Å². The molecule has 4 fully saturated rings. The summed E-state index contributed by atoms with van der Waals surface area (Å²) in [6, 6.07) is 13.1. The van der Waals surface area contributed by atoms with Crippen molar-refractivity contribution in [1.29, 1.82) is 0 Å². The predicted octanol–water partition coefficient (Wildman–Crippen LogP) is 6.76. The average molecular weight is 643 g/mol. The summed E-state index contributed by atoms with van der Waals surface area (Å²) in [7, 11) is 2.10. The van der Waals surface area contributed by atoms with Gasteiger partial charge in [0, 0.05) is 57.2 Å². The number of piperidine rings is 2. The van der Waals surface area contributed by atoms with E-state index in [9.17, 15) is 22.8 Å². The summed E-state index contributed by atoms with van der Waals surface area (Å²) in [5, 5.41) is 3.40. The van der Waals surface area contributed by atoms with Crippen molar-refractivity contribution in [3.05, 3.63) is 70.8 Å². The Kier molecular flexibility index (Phi) is 11.8. The fraction of sp³-hybridized carbons (Fsp3) is 0.611. The molecule has 3 saturated heterocycles. The van der Waals surface area contributed by atoms with Crippen LogP contribution in [0.1, 0.15) is 84.8 Å². The lowest BCUT2D eigenvalue weighted by atomic mass is 9.88. The number of hydrogen-bond acceptors (Lipinski definition) is 6. The molecule has 1 spiro atoms. The van der Waals surface area contributed by atoms with Crippen LogP contribution in [-0.4, -0.2) is 85.0 Å². The van der Waals surface area contributed by atoms with Gasteiger partial charge in [0.15, 0.2) is 0 Å². The van der Waals surface area contributed by atoms with Crippen molar-refractivity contribution in [3.63, 3.8) is 0 Å². The lowest BCUT2D eigenvalue weighted by molar-refractivity contribution is -0.137. The van der Waals surface area contributed by atoms with E-state index in [-0.39, 0.29) is 6.09 Å². The van der Waals surface area contributed by atoms with Gasteiger partial charge in [-0.3, -0.25) is 14.6 Å². The molecule has 3 heterocycles. The number of alkyl halides is 3. The number of amides is 1. The second kappa shape index (κ2) is 15.8. The van der Waals surface area contributed by atoms with Gasteiger partial charge in [-0.1, -0.05) is 55.7 Å². The monoisotopic (exact) mass is 642 g/mol. The third-order valence-electron chi connectivity index (χ3n) is 10.2. The van der Waals surface area contributed by atoms with E-state index in [0.717, 1.165) is 41.5 Å². The van der Waals surface area contributed by atoms with E-state index in [1.54, 1.807) is 17.0 Å². The lowest BCUT2D eigenvalue weighted by Gasteiger charge is -2.37. The van der Waals surface area contributed by atoms with Crippen LogP contribution in [0.3, 0.4) is 0 Å². The number of ether oxygens (including phenoxy) is 1. The van der Waals surface area contributed by atoms with Crippen LogP contribution in [0.15, 0.2) is 48.5 Å². The quantitative estimate of drug-likeness (QED) is 0.322. The van der Waals surface area contributed by atoms with Crippen molar-refractivity contribution in [1.82, 2.24) is 20.0 Å². The van der Waals surface area contributed by atoms with Crippen LogP contribution < -0.4 is 5.32 Å². The molecular weight excluding hydrogens is 593 g/mol. The molecule has 0 radical (unpaired) electrons. The topological polar surface area (TPSA) is 65.1 Å². The maximum atomic E-state index is 12.7. The van der Waals surface area contributed by atoms with Gasteiger partial charge >= 0.3 is 12.3 Å². The minimum absolute atomic E-state index is 0.337. The van der Waals surface area contributed by atoms with Gasteiger partial charge in [0.05, 0.1) is 12.1 Å². The number of nitrogens with zero attached hydrogens (tertiary/aromatic N) is 3. The Morgan fingerprint density at radius 1 is 0.848 bits per heavy atom. The van der Waals surface area contributed by atoms with Crippen LogP contribution in [-0.2, 0) is 24.0 Å². The van der Waals surface area contributed by atoms with Gasteiger partial charge in [0.25, 0.3) is 0 Å². The van der Waals surface area contributed by atoms with E-state index in [1.807, 2.05) is 12.1 Å². The van der Waals surface area contributed by atoms with E-state index in [2.05, 4.69) is 22.2 Å². The number of likely N-dealkylation sites (tertiary alicyclic amines) is 2. The average Bonchev–Trinajstić information content (AvgIpc) is 3.37. The number of halogens is 3. The highest BCUT2D eigenvalue weighted by atomic mass is 19.4. The molecule has 0 bridgehead atoms. The molecule has 1 aliphatic carbocycles. The zero-order chi connectivity index (χ0) is 32.6. The van der Waals surface area contributed by atoms with Gasteiger partial charge in [-0.25, -0.2) is 4.79 Å². The fourth-order valence-corrected chi connectivity index (χ4v) is 7.31. The van der Waals surface area contributed by atoms with Crippen LogP contribution in [0.4, 0.5) is 18.0 Å². The number of hydrogen-bond donors (Lipinski definition) is 1. The molecule has 2 aromatic carbocycles. The number of carbonyl (C=O) groups excluding carboxylic acids is 2. The SMILES string of the molecule is CNC1CCN(CC2CCCCC2)CC1.O=Cc1ccc(CN2CC3(CCN(Cc4ccc(C(F)(F)F)cc4)CC3)OC2=O)cc1. The summed E-state index contributed by atoms with van der Waals surface area (Å²) in [6.07, 6.45) is 7.61. The van der Waals surface area contributed by atoms with Crippen molar-refractivity contribution < 1.29 is 27.5 Å². The van der Waals surface area contributed by atoms with Crippen LogP contribution in [0, 0.1) is 5.92 Å². The predicted molar refractivity (Wildman–Crippen MR) is 173 cm³/mol. The molecule has 4 aliphatic rings. The first-order chi connectivity index (χ1) is 22.1. The first-order valence-electron chi connectivity index (χ1n) is 16.9. The zero-order valence-electron chi connectivity index (χ0n) is 27.1. The molecule has 7 nitrogen and oxygen atoms in total. The van der Waals surface area contributed by atoms with E-state index in [4.69, 9.17) is 4.74 Å². The zero-order valence-corrected chi connectivity index (χ0v) is 27.1. The molecule has 0 unspecified atom stereocenters. The van der Waals surface area contributed by atoms with Crippen molar-refractivity contribution in [2.45, 2.75) is 88.7 Å². The Bertz CT molecular complexity index is 1250. The second-order valence-electron chi connectivity index (χ2n) is 13.6. The molecule has 46 heavy (non-hydrogen) atoms. The van der Waals surface area contributed by atoms with Crippen molar-refractivity contribution in [2.75, 3.05) is 46.3 Å². The Labute approximate surface area is 271 Å². The van der Waals surface area contributed by atoms with E-state index < -0.39 is 17.3 Å². The normalized spacial score (nSPS) is 21.6. The number of carbonyl (C=O) groups is 2. The molecule has 6 rings (SSSR count). The van der Waals surface area contributed by atoms with E-state index >= 15 is 0 Å². The fourth-order valence-electron chi connectivity index (χ4n) is 7.31. The molecule has 252 valence electrons. The third kappa shape index (κ3) is 9.55. The summed E-state index contributed by atoms with van der Waals surface area (Å²) in [5.74, 6) is 1.02. The van der Waals surface area contributed by atoms with Crippen molar-refractivity contribution in [3.8, 4) is 0 Å². The van der Waals surface area contributed by atoms with Gasteiger partial charge in [-0.2, -0.15) is 13.2 Å². The van der Waals surface area contributed by atoms with Crippen LogP contribution >= 0.6 is 0 Å². The summed E-state index contributed by atoms with van der Waals surface area (Å²) in [4.78, 5) is 29.7. The smallest absolute Gasteiger partial charge is 0.416 e.